The van der Waals surface area contributed by atoms with Crippen molar-refractivity contribution in [3.05, 3.63) is 11.6 Å². The summed E-state index contributed by atoms with van der Waals surface area (Å²) in [6.07, 6.45) is 0. The molecule has 90 valence electrons. The minimum Gasteiger partial charge on any atom is -0.468 e. The van der Waals surface area contributed by atoms with Crippen LogP contribution in [-0.4, -0.2) is 45.8 Å². The van der Waals surface area contributed by atoms with Crippen molar-refractivity contribution in [1.29, 1.82) is 0 Å². The summed E-state index contributed by atoms with van der Waals surface area (Å²) in [4.78, 5) is 13.1. The predicted octanol–water partition coefficient (Wildman–Crippen LogP) is 0.118. The summed E-state index contributed by atoms with van der Waals surface area (Å²) in [6.45, 7) is 5.53. The zero-order chi connectivity index (χ0) is 12.1. The van der Waals surface area contributed by atoms with Gasteiger partial charge < -0.3 is 9.30 Å². The molecule has 0 fully saturated rings. The van der Waals surface area contributed by atoms with Gasteiger partial charge in [-0.1, -0.05) is 6.92 Å². The Balaban J connectivity index is 2.63. The first-order valence-electron chi connectivity index (χ1n) is 5.22. The van der Waals surface area contributed by atoms with Gasteiger partial charge in [0.1, 0.15) is 11.6 Å². The standard InChI is InChI=1S/C10H18N4O2/c1-5-14(7-10(15)16-4)6-9-12-11-8(2)13(9)3/h5-7H2,1-4H3. The minimum atomic E-state index is -0.235. The first kappa shape index (κ1) is 12.6. The Morgan fingerprint density at radius 3 is 2.62 bits per heavy atom. The smallest absolute Gasteiger partial charge is 0.319 e. The van der Waals surface area contributed by atoms with E-state index in [2.05, 4.69) is 14.9 Å². The van der Waals surface area contributed by atoms with Gasteiger partial charge in [0.15, 0.2) is 0 Å². The number of nitrogens with zero attached hydrogens (tertiary/aromatic N) is 4. The second-order valence-electron chi connectivity index (χ2n) is 3.60. The van der Waals surface area contributed by atoms with E-state index in [-0.39, 0.29) is 12.5 Å². The first-order chi connectivity index (χ1) is 7.58. The third kappa shape index (κ3) is 3.03. The van der Waals surface area contributed by atoms with Crippen LogP contribution in [0.25, 0.3) is 0 Å². The van der Waals surface area contributed by atoms with Gasteiger partial charge in [-0.05, 0) is 13.5 Å². The van der Waals surface area contributed by atoms with Crippen LogP contribution in [-0.2, 0) is 23.1 Å². The van der Waals surface area contributed by atoms with Crippen molar-refractivity contribution in [2.45, 2.75) is 20.4 Å². The first-order valence-corrected chi connectivity index (χ1v) is 5.22. The predicted molar refractivity (Wildman–Crippen MR) is 58.7 cm³/mol. The molecule has 0 radical (unpaired) electrons. The number of hydrogen-bond donors (Lipinski definition) is 0. The summed E-state index contributed by atoms with van der Waals surface area (Å²) < 4.78 is 6.55. The number of esters is 1. The van der Waals surface area contributed by atoms with Gasteiger partial charge in [-0.2, -0.15) is 0 Å². The third-order valence-electron chi connectivity index (χ3n) is 2.58. The van der Waals surface area contributed by atoms with E-state index in [0.717, 1.165) is 18.2 Å². The SMILES string of the molecule is CCN(CC(=O)OC)Cc1nnc(C)n1C. The largest absolute Gasteiger partial charge is 0.468 e. The maximum atomic E-state index is 11.2. The molecule has 16 heavy (non-hydrogen) atoms. The highest BCUT2D eigenvalue weighted by molar-refractivity contribution is 5.71. The lowest BCUT2D eigenvalue weighted by atomic mass is 10.4. The van der Waals surface area contributed by atoms with E-state index in [9.17, 15) is 4.79 Å². The topological polar surface area (TPSA) is 60.3 Å². The number of aromatic nitrogens is 3. The van der Waals surface area contributed by atoms with E-state index < -0.39 is 0 Å². The molecule has 0 N–H and O–H groups in total. The molecule has 0 spiro atoms. The highest BCUT2D eigenvalue weighted by Crippen LogP contribution is 2.02. The third-order valence-corrected chi connectivity index (χ3v) is 2.58. The van der Waals surface area contributed by atoms with Gasteiger partial charge in [0.25, 0.3) is 0 Å². The summed E-state index contributed by atoms with van der Waals surface area (Å²) in [5.41, 5.74) is 0. The number of methoxy groups -OCH3 is 1. The highest BCUT2D eigenvalue weighted by atomic mass is 16.5. The van der Waals surface area contributed by atoms with Crippen molar-refractivity contribution >= 4 is 5.97 Å². The molecule has 0 aliphatic rings. The van der Waals surface area contributed by atoms with Crippen LogP contribution in [0.15, 0.2) is 0 Å². The van der Waals surface area contributed by atoms with Gasteiger partial charge in [0, 0.05) is 7.05 Å². The van der Waals surface area contributed by atoms with E-state index in [1.807, 2.05) is 30.4 Å². The van der Waals surface area contributed by atoms with Crippen LogP contribution in [0.1, 0.15) is 18.6 Å². The van der Waals surface area contributed by atoms with Crippen LogP contribution < -0.4 is 0 Å². The Kier molecular flexibility index (Phi) is 4.42. The fourth-order valence-electron chi connectivity index (χ4n) is 1.32. The van der Waals surface area contributed by atoms with Crippen LogP contribution in [0.5, 0.6) is 0 Å². The van der Waals surface area contributed by atoms with Crippen molar-refractivity contribution < 1.29 is 9.53 Å². The molecule has 6 nitrogen and oxygen atoms in total. The summed E-state index contributed by atoms with van der Waals surface area (Å²) >= 11 is 0. The number of carbonyl (C=O) groups is 1. The van der Waals surface area contributed by atoms with Crippen molar-refractivity contribution in [3.63, 3.8) is 0 Å². The second-order valence-corrected chi connectivity index (χ2v) is 3.60. The maximum absolute atomic E-state index is 11.2. The zero-order valence-electron chi connectivity index (χ0n) is 10.2. The van der Waals surface area contributed by atoms with Crippen LogP contribution in [0.2, 0.25) is 0 Å². The number of hydrogen-bond acceptors (Lipinski definition) is 5. The molecular formula is C10H18N4O2. The van der Waals surface area contributed by atoms with Gasteiger partial charge in [0.05, 0.1) is 20.2 Å². The molecule has 0 aliphatic carbocycles. The minimum absolute atomic E-state index is 0.235. The van der Waals surface area contributed by atoms with Crippen LogP contribution in [0, 0.1) is 6.92 Å². The lowest BCUT2D eigenvalue weighted by Gasteiger charge is -2.17. The molecule has 0 atom stereocenters. The molecule has 0 amide bonds. The lowest BCUT2D eigenvalue weighted by Crippen LogP contribution is -2.31. The van der Waals surface area contributed by atoms with Gasteiger partial charge in [0.2, 0.25) is 0 Å². The van der Waals surface area contributed by atoms with Gasteiger partial charge >= 0.3 is 5.97 Å². The molecule has 0 saturated heterocycles. The average molecular weight is 226 g/mol. The highest BCUT2D eigenvalue weighted by Gasteiger charge is 2.13. The molecule has 1 rings (SSSR count). The van der Waals surface area contributed by atoms with Crippen molar-refractivity contribution in [2.24, 2.45) is 7.05 Å². The molecule has 0 saturated carbocycles. The molecule has 0 unspecified atom stereocenters. The summed E-state index contributed by atoms with van der Waals surface area (Å²) in [7, 11) is 3.30. The Morgan fingerprint density at radius 1 is 1.50 bits per heavy atom. The Labute approximate surface area is 95.2 Å². The van der Waals surface area contributed by atoms with Crippen molar-refractivity contribution in [2.75, 3.05) is 20.2 Å². The zero-order valence-corrected chi connectivity index (χ0v) is 10.2. The van der Waals surface area contributed by atoms with Crippen LogP contribution in [0.3, 0.4) is 0 Å². The van der Waals surface area contributed by atoms with Gasteiger partial charge in [-0.15, -0.1) is 10.2 Å². The number of rotatable bonds is 5. The van der Waals surface area contributed by atoms with Crippen molar-refractivity contribution in [3.8, 4) is 0 Å². The number of aryl methyl sites for hydroxylation is 1. The van der Waals surface area contributed by atoms with E-state index >= 15 is 0 Å². The fourth-order valence-corrected chi connectivity index (χ4v) is 1.32. The second kappa shape index (κ2) is 5.60. The fraction of sp³-hybridized carbons (Fsp3) is 0.700. The van der Waals surface area contributed by atoms with E-state index in [0.29, 0.717) is 6.54 Å². The molecular weight excluding hydrogens is 208 g/mol. The van der Waals surface area contributed by atoms with E-state index in [1.165, 1.54) is 7.11 Å². The maximum Gasteiger partial charge on any atom is 0.319 e. The number of ether oxygens (including phenoxy) is 1. The number of carbonyl (C=O) groups excluding carboxylic acids is 1. The average Bonchev–Trinajstić information content (AvgIpc) is 2.59. The molecule has 1 aromatic heterocycles. The number of likely N-dealkylation sites (N-methyl/N-ethyl adjacent to an activating group) is 1. The molecule has 0 aliphatic heterocycles. The molecule has 0 aromatic carbocycles. The quantitative estimate of drug-likeness (QED) is 0.667. The monoisotopic (exact) mass is 226 g/mol. The lowest BCUT2D eigenvalue weighted by molar-refractivity contribution is -0.142. The Morgan fingerprint density at radius 2 is 2.19 bits per heavy atom. The van der Waals surface area contributed by atoms with Gasteiger partial charge in [-0.25, -0.2) is 0 Å². The van der Waals surface area contributed by atoms with Crippen LogP contribution >= 0.6 is 0 Å². The van der Waals surface area contributed by atoms with Crippen molar-refractivity contribution in [1.82, 2.24) is 19.7 Å². The Bertz CT molecular complexity index is 362. The van der Waals surface area contributed by atoms with E-state index in [1.54, 1.807) is 0 Å². The van der Waals surface area contributed by atoms with Crippen LogP contribution in [0.4, 0.5) is 0 Å². The summed E-state index contributed by atoms with van der Waals surface area (Å²) in [5.74, 6) is 1.48. The summed E-state index contributed by atoms with van der Waals surface area (Å²) in [5, 5.41) is 8.03. The normalized spacial score (nSPS) is 10.8. The van der Waals surface area contributed by atoms with Gasteiger partial charge in [-0.3, -0.25) is 9.69 Å². The molecule has 6 heteroatoms. The molecule has 1 heterocycles. The molecule has 1 aromatic rings. The molecule has 0 bridgehead atoms. The summed E-state index contributed by atoms with van der Waals surface area (Å²) in [6, 6.07) is 0. The van der Waals surface area contributed by atoms with E-state index in [4.69, 9.17) is 0 Å². The Hall–Kier alpha value is -1.43.